The van der Waals surface area contributed by atoms with Crippen molar-refractivity contribution in [2.24, 2.45) is 5.16 Å². The van der Waals surface area contributed by atoms with Crippen LogP contribution in [0.15, 0.2) is 23.4 Å². The molecule has 1 aliphatic rings. The molecule has 0 spiro atoms. The molecule has 4 nitrogen and oxygen atoms in total. The van der Waals surface area contributed by atoms with Crippen LogP contribution in [0.25, 0.3) is 0 Å². The lowest BCUT2D eigenvalue weighted by molar-refractivity contribution is 0.134. The summed E-state index contributed by atoms with van der Waals surface area (Å²) >= 11 is 6.06. The molecule has 0 fully saturated rings. The summed E-state index contributed by atoms with van der Waals surface area (Å²) in [5, 5.41) is 4.97. The van der Waals surface area contributed by atoms with E-state index in [9.17, 15) is 0 Å². The molecule has 0 unspecified atom stereocenters. The zero-order valence-electron chi connectivity index (χ0n) is 12.1. The fraction of sp³-hybridized carbons (Fsp3) is 0.533. The van der Waals surface area contributed by atoms with Crippen molar-refractivity contribution in [1.29, 1.82) is 0 Å². The van der Waals surface area contributed by atoms with E-state index in [-0.39, 0.29) is 0 Å². The first-order chi connectivity index (χ1) is 9.66. The molecule has 0 amide bonds. The molecule has 1 aromatic carbocycles. The maximum absolute atomic E-state index is 6.06. The molecule has 110 valence electrons. The Hall–Kier alpha value is -1.26. The fourth-order valence-electron chi connectivity index (χ4n) is 2.07. The molecule has 1 aliphatic heterocycles. The van der Waals surface area contributed by atoms with Crippen LogP contribution in [-0.2, 0) is 4.84 Å². The highest BCUT2D eigenvalue weighted by molar-refractivity contribution is 6.31. The molecule has 0 saturated carbocycles. The van der Waals surface area contributed by atoms with Gasteiger partial charge in [0.25, 0.3) is 0 Å². The second kappa shape index (κ2) is 7.50. The van der Waals surface area contributed by atoms with Gasteiger partial charge in [0.05, 0.1) is 12.3 Å². The highest BCUT2D eigenvalue weighted by atomic mass is 35.5. The number of benzene rings is 1. The third-order valence-corrected chi connectivity index (χ3v) is 3.32. The molecule has 0 aliphatic carbocycles. The first-order valence-electron chi connectivity index (χ1n) is 6.93. The van der Waals surface area contributed by atoms with Gasteiger partial charge in [-0.15, -0.1) is 0 Å². The Morgan fingerprint density at radius 3 is 3.05 bits per heavy atom. The van der Waals surface area contributed by atoms with E-state index in [4.69, 9.17) is 21.2 Å². The van der Waals surface area contributed by atoms with E-state index in [2.05, 4.69) is 10.1 Å². The Balaban J connectivity index is 2.02. The van der Waals surface area contributed by atoms with Crippen molar-refractivity contribution < 1.29 is 9.57 Å². The largest absolute Gasteiger partial charge is 0.493 e. The van der Waals surface area contributed by atoms with Crippen LogP contribution >= 0.6 is 11.6 Å². The molecular weight excluding hydrogens is 276 g/mol. The molecule has 2 rings (SSSR count). The topological polar surface area (TPSA) is 34.1 Å². The fourth-order valence-corrected chi connectivity index (χ4v) is 2.25. The Morgan fingerprint density at radius 1 is 1.40 bits per heavy atom. The van der Waals surface area contributed by atoms with E-state index in [0.29, 0.717) is 18.2 Å². The third kappa shape index (κ3) is 4.39. The minimum Gasteiger partial charge on any atom is -0.493 e. The van der Waals surface area contributed by atoms with E-state index in [1.54, 1.807) is 0 Å². The van der Waals surface area contributed by atoms with Crippen molar-refractivity contribution in [3.8, 4) is 5.75 Å². The summed E-state index contributed by atoms with van der Waals surface area (Å²) in [6, 6.07) is 5.62. The van der Waals surface area contributed by atoms with Crippen molar-refractivity contribution in [3.63, 3.8) is 0 Å². The highest BCUT2D eigenvalue weighted by Gasteiger charge is 2.16. The van der Waals surface area contributed by atoms with E-state index < -0.39 is 0 Å². The number of fused-ring (bicyclic) bond motifs is 1. The zero-order chi connectivity index (χ0) is 14.4. The lowest BCUT2D eigenvalue weighted by Gasteiger charge is -2.10. The summed E-state index contributed by atoms with van der Waals surface area (Å²) in [6.45, 7) is 2.32. The standard InChI is InChI=1S/C15H21ClN2O2/c1-18(2)8-4-10-20-17-14-5-3-9-19-15-7-6-12(16)11-13(14)15/h6-7,11H,3-5,8-10H2,1-2H3/b17-14-. The molecule has 0 N–H and O–H groups in total. The minimum atomic E-state index is 0.623. The van der Waals surface area contributed by atoms with Gasteiger partial charge in [-0.1, -0.05) is 16.8 Å². The molecular formula is C15H21ClN2O2. The Morgan fingerprint density at radius 2 is 2.25 bits per heavy atom. The molecule has 20 heavy (non-hydrogen) atoms. The van der Waals surface area contributed by atoms with Crippen molar-refractivity contribution in [2.75, 3.05) is 33.9 Å². The molecule has 0 bridgehead atoms. The predicted octanol–water partition coefficient (Wildman–Crippen LogP) is 3.19. The smallest absolute Gasteiger partial charge is 0.128 e. The summed E-state index contributed by atoms with van der Waals surface area (Å²) in [6.07, 6.45) is 2.75. The number of hydrogen-bond acceptors (Lipinski definition) is 4. The minimum absolute atomic E-state index is 0.623. The van der Waals surface area contributed by atoms with Crippen molar-refractivity contribution in [3.05, 3.63) is 28.8 Å². The van der Waals surface area contributed by atoms with Crippen molar-refractivity contribution >= 4 is 17.3 Å². The predicted molar refractivity (Wildman–Crippen MR) is 81.8 cm³/mol. The van der Waals surface area contributed by atoms with Crippen LogP contribution in [0.2, 0.25) is 5.02 Å². The first-order valence-corrected chi connectivity index (χ1v) is 7.31. The van der Waals surface area contributed by atoms with Gasteiger partial charge in [0.2, 0.25) is 0 Å². The quantitative estimate of drug-likeness (QED) is 0.618. The zero-order valence-corrected chi connectivity index (χ0v) is 12.8. The van der Waals surface area contributed by atoms with Crippen LogP contribution < -0.4 is 4.74 Å². The Kier molecular flexibility index (Phi) is 5.68. The number of hydrogen-bond donors (Lipinski definition) is 0. The van der Waals surface area contributed by atoms with Gasteiger partial charge in [0.1, 0.15) is 12.4 Å². The van der Waals surface area contributed by atoms with Gasteiger partial charge in [0.15, 0.2) is 0 Å². The third-order valence-electron chi connectivity index (χ3n) is 3.08. The van der Waals surface area contributed by atoms with Crippen LogP contribution in [0.3, 0.4) is 0 Å². The molecule has 5 heteroatoms. The number of halogens is 1. The lowest BCUT2D eigenvalue weighted by atomic mass is 10.1. The average Bonchev–Trinajstić information content (AvgIpc) is 2.60. The summed E-state index contributed by atoms with van der Waals surface area (Å²) in [4.78, 5) is 7.57. The monoisotopic (exact) mass is 296 g/mol. The van der Waals surface area contributed by atoms with Gasteiger partial charge in [-0.05, 0) is 51.6 Å². The van der Waals surface area contributed by atoms with Crippen LogP contribution in [0, 0.1) is 0 Å². The summed E-state index contributed by atoms with van der Waals surface area (Å²) in [5.74, 6) is 0.836. The van der Waals surface area contributed by atoms with Crippen LogP contribution in [0.1, 0.15) is 24.8 Å². The first kappa shape index (κ1) is 15.1. The summed E-state index contributed by atoms with van der Waals surface area (Å²) in [7, 11) is 4.10. The lowest BCUT2D eigenvalue weighted by Crippen LogP contribution is -2.14. The van der Waals surface area contributed by atoms with E-state index in [0.717, 1.165) is 42.8 Å². The molecule has 0 radical (unpaired) electrons. The SMILES string of the molecule is CN(C)CCCO/N=C1/CCCOc2ccc(Cl)cc21. The van der Waals surface area contributed by atoms with Crippen molar-refractivity contribution in [2.45, 2.75) is 19.3 Å². The number of rotatable bonds is 5. The maximum atomic E-state index is 6.06. The molecule has 1 heterocycles. The molecule has 0 aromatic heterocycles. The van der Waals surface area contributed by atoms with E-state index in [1.807, 2.05) is 32.3 Å². The molecule has 1 aromatic rings. The summed E-state index contributed by atoms with van der Waals surface area (Å²) in [5.41, 5.74) is 1.87. The Bertz CT molecular complexity index is 475. The maximum Gasteiger partial charge on any atom is 0.128 e. The number of nitrogens with zero attached hydrogens (tertiary/aromatic N) is 2. The van der Waals surface area contributed by atoms with Crippen molar-refractivity contribution in [1.82, 2.24) is 4.90 Å². The number of oxime groups is 1. The normalized spacial score (nSPS) is 16.7. The van der Waals surface area contributed by atoms with Crippen LogP contribution in [0.4, 0.5) is 0 Å². The van der Waals surface area contributed by atoms with Gasteiger partial charge >= 0.3 is 0 Å². The van der Waals surface area contributed by atoms with Gasteiger partial charge in [-0.2, -0.15) is 0 Å². The summed E-state index contributed by atoms with van der Waals surface area (Å²) < 4.78 is 5.69. The second-order valence-corrected chi connectivity index (χ2v) is 5.56. The highest BCUT2D eigenvalue weighted by Crippen LogP contribution is 2.27. The van der Waals surface area contributed by atoms with E-state index in [1.165, 1.54) is 0 Å². The Labute approximate surface area is 125 Å². The van der Waals surface area contributed by atoms with Crippen LogP contribution in [-0.4, -0.2) is 44.5 Å². The van der Waals surface area contributed by atoms with Gasteiger partial charge in [0, 0.05) is 17.1 Å². The number of ether oxygens (including phenoxy) is 1. The molecule has 0 saturated heterocycles. The second-order valence-electron chi connectivity index (χ2n) is 5.12. The average molecular weight is 297 g/mol. The van der Waals surface area contributed by atoms with Gasteiger partial charge < -0.3 is 14.5 Å². The molecule has 0 atom stereocenters. The van der Waals surface area contributed by atoms with E-state index >= 15 is 0 Å². The van der Waals surface area contributed by atoms with Gasteiger partial charge in [-0.25, -0.2) is 0 Å². The van der Waals surface area contributed by atoms with Gasteiger partial charge in [-0.3, -0.25) is 0 Å². The van der Waals surface area contributed by atoms with Crippen LogP contribution in [0.5, 0.6) is 5.75 Å².